The number of hydrogen-bond acceptors (Lipinski definition) is 3. The van der Waals surface area contributed by atoms with Crippen LogP contribution in [0.5, 0.6) is 0 Å². The summed E-state index contributed by atoms with van der Waals surface area (Å²) in [7, 11) is 0. The standard InChI is InChI=1S/C20H23N3O2/c1-15(2)21-18-7-3-5-14-23(18)20(25)16-9-11-17(12-10-16)22-13-6-4-8-19(22)24/h3,5,7,9-12,14-15H,4,6,8,13H2,1-2H3. The fourth-order valence-corrected chi connectivity index (χ4v) is 2.98. The first-order valence-corrected chi connectivity index (χ1v) is 8.73. The van der Waals surface area contributed by atoms with Gasteiger partial charge in [0.05, 0.1) is 0 Å². The molecule has 0 N–H and O–H groups in total. The smallest absolute Gasteiger partial charge is 0.263 e. The summed E-state index contributed by atoms with van der Waals surface area (Å²) in [6.45, 7) is 4.70. The minimum absolute atomic E-state index is 0.105. The first kappa shape index (κ1) is 17.1. The van der Waals surface area contributed by atoms with Crippen molar-refractivity contribution in [2.75, 3.05) is 11.4 Å². The Labute approximate surface area is 147 Å². The van der Waals surface area contributed by atoms with E-state index in [2.05, 4.69) is 4.99 Å². The van der Waals surface area contributed by atoms with Crippen molar-refractivity contribution in [3.05, 3.63) is 59.7 Å². The van der Waals surface area contributed by atoms with Gasteiger partial charge in [0, 0.05) is 36.5 Å². The van der Waals surface area contributed by atoms with Crippen LogP contribution < -0.4 is 10.4 Å². The van der Waals surface area contributed by atoms with Gasteiger partial charge in [-0.05, 0) is 63.1 Å². The number of benzene rings is 1. The monoisotopic (exact) mass is 337 g/mol. The van der Waals surface area contributed by atoms with Gasteiger partial charge in [0.1, 0.15) is 5.49 Å². The Morgan fingerprint density at radius 1 is 1.08 bits per heavy atom. The van der Waals surface area contributed by atoms with Gasteiger partial charge in [-0.3, -0.25) is 19.1 Å². The normalized spacial score (nSPS) is 15.7. The number of pyridine rings is 1. The molecule has 0 aliphatic carbocycles. The van der Waals surface area contributed by atoms with Crippen LogP contribution in [-0.2, 0) is 4.79 Å². The molecule has 1 amide bonds. The van der Waals surface area contributed by atoms with Gasteiger partial charge in [-0.1, -0.05) is 6.07 Å². The molecular weight excluding hydrogens is 314 g/mol. The van der Waals surface area contributed by atoms with Crippen LogP contribution in [0.1, 0.15) is 43.5 Å². The van der Waals surface area contributed by atoms with Gasteiger partial charge in [0.25, 0.3) is 5.91 Å². The Bertz CT molecular complexity index is 835. The molecule has 130 valence electrons. The molecule has 0 saturated carbocycles. The number of amides is 1. The predicted octanol–water partition coefficient (Wildman–Crippen LogP) is 3.00. The molecule has 2 heterocycles. The van der Waals surface area contributed by atoms with Crippen molar-refractivity contribution in [2.24, 2.45) is 4.99 Å². The first-order valence-electron chi connectivity index (χ1n) is 8.73. The van der Waals surface area contributed by atoms with E-state index in [0.717, 1.165) is 25.1 Å². The lowest BCUT2D eigenvalue weighted by atomic mass is 10.1. The molecular formula is C20H23N3O2. The minimum atomic E-state index is -0.128. The predicted molar refractivity (Wildman–Crippen MR) is 97.5 cm³/mol. The molecule has 0 bridgehead atoms. The molecule has 0 spiro atoms. The van der Waals surface area contributed by atoms with Crippen molar-refractivity contribution in [1.29, 1.82) is 0 Å². The highest BCUT2D eigenvalue weighted by molar-refractivity contribution is 5.97. The first-order chi connectivity index (χ1) is 12.1. The number of nitrogens with zero attached hydrogens (tertiary/aromatic N) is 3. The van der Waals surface area contributed by atoms with Crippen LogP contribution in [0.2, 0.25) is 0 Å². The second kappa shape index (κ2) is 7.47. The number of carbonyl (C=O) groups is 2. The van der Waals surface area contributed by atoms with Crippen LogP contribution in [-0.4, -0.2) is 29.0 Å². The van der Waals surface area contributed by atoms with E-state index in [-0.39, 0.29) is 17.9 Å². The highest BCUT2D eigenvalue weighted by Gasteiger charge is 2.19. The van der Waals surface area contributed by atoms with Crippen LogP contribution in [0.15, 0.2) is 53.7 Å². The molecule has 5 nitrogen and oxygen atoms in total. The molecule has 5 heteroatoms. The summed E-state index contributed by atoms with van der Waals surface area (Å²) in [6, 6.07) is 12.9. The molecule has 0 radical (unpaired) electrons. The zero-order chi connectivity index (χ0) is 17.8. The SMILES string of the molecule is CC(C)N=c1ccccn1C(=O)c1ccc(N2CCCCC2=O)cc1. The summed E-state index contributed by atoms with van der Waals surface area (Å²) in [4.78, 5) is 31.1. The van der Waals surface area contributed by atoms with Gasteiger partial charge in [-0.2, -0.15) is 0 Å². The Morgan fingerprint density at radius 3 is 2.52 bits per heavy atom. The quantitative estimate of drug-likeness (QED) is 0.864. The highest BCUT2D eigenvalue weighted by Crippen LogP contribution is 2.21. The van der Waals surface area contributed by atoms with Crippen molar-refractivity contribution in [1.82, 2.24) is 4.57 Å². The number of aromatic nitrogens is 1. The van der Waals surface area contributed by atoms with E-state index in [9.17, 15) is 9.59 Å². The Kier molecular flexibility index (Phi) is 5.12. The van der Waals surface area contributed by atoms with E-state index in [1.807, 2.05) is 44.2 Å². The third-order valence-corrected chi connectivity index (χ3v) is 4.20. The zero-order valence-electron chi connectivity index (χ0n) is 14.7. The topological polar surface area (TPSA) is 54.7 Å². The maximum atomic E-state index is 12.8. The molecule has 1 aliphatic rings. The summed E-state index contributed by atoms with van der Waals surface area (Å²) < 4.78 is 1.56. The van der Waals surface area contributed by atoms with Crippen LogP contribution in [0, 0.1) is 0 Å². The molecule has 3 rings (SSSR count). The molecule has 2 aromatic rings. The number of piperidine rings is 1. The summed E-state index contributed by atoms with van der Waals surface area (Å²) >= 11 is 0. The van der Waals surface area contributed by atoms with E-state index in [4.69, 9.17) is 0 Å². The van der Waals surface area contributed by atoms with E-state index >= 15 is 0 Å². The van der Waals surface area contributed by atoms with Crippen LogP contribution >= 0.6 is 0 Å². The van der Waals surface area contributed by atoms with Gasteiger partial charge in [-0.15, -0.1) is 0 Å². The molecule has 1 aliphatic heterocycles. The molecule has 0 unspecified atom stereocenters. The van der Waals surface area contributed by atoms with Gasteiger partial charge in [0.15, 0.2) is 0 Å². The number of anilines is 1. The van der Waals surface area contributed by atoms with Crippen molar-refractivity contribution < 1.29 is 9.59 Å². The van der Waals surface area contributed by atoms with Gasteiger partial charge in [-0.25, -0.2) is 0 Å². The molecule has 1 aromatic carbocycles. The third-order valence-electron chi connectivity index (χ3n) is 4.20. The Balaban J connectivity index is 1.88. The summed E-state index contributed by atoms with van der Waals surface area (Å²) in [5.41, 5.74) is 2.06. The van der Waals surface area contributed by atoms with Crippen molar-refractivity contribution in [3.63, 3.8) is 0 Å². The minimum Gasteiger partial charge on any atom is -0.312 e. The summed E-state index contributed by atoms with van der Waals surface area (Å²) in [5, 5.41) is 0. The Hall–Kier alpha value is -2.69. The van der Waals surface area contributed by atoms with E-state index in [0.29, 0.717) is 17.5 Å². The van der Waals surface area contributed by atoms with Crippen molar-refractivity contribution >= 4 is 17.5 Å². The van der Waals surface area contributed by atoms with Gasteiger partial charge in [0.2, 0.25) is 5.91 Å². The van der Waals surface area contributed by atoms with Crippen molar-refractivity contribution in [3.8, 4) is 0 Å². The van der Waals surface area contributed by atoms with E-state index < -0.39 is 0 Å². The lowest BCUT2D eigenvalue weighted by molar-refractivity contribution is -0.119. The maximum absolute atomic E-state index is 12.8. The van der Waals surface area contributed by atoms with Gasteiger partial charge >= 0.3 is 0 Å². The van der Waals surface area contributed by atoms with Crippen LogP contribution in [0.3, 0.4) is 0 Å². The van der Waals surface area contributed by atoms with E-state index in [1.165, 1.54) is 0 Å². The maximum Gasteiger partial charge on any atom is 0.263 e. The number of rotatable bonds is 3. The fourth-order valence-electron chi connectivity index (χ4n) is 2.98. The number of hydrogen-bond donors (Lipinski definition) is 0. The second-order valence-electron chi connectivity index (χ2n) is 6.51. The average Bonchev–Trinajstić information content (AvgIpc) is 2.62. The lowest BCUT2D eigenvalue weighted by Crippen LogP contribution is -2.35. The molecule has 25 heavy (non-hydrogen) atoms. The van der Waals surface area contributed by atoms with Crippen molar-refractivity contribution in [2.45, 2.75) is 39.2 Å². The van der Waals surface area contributed by atoms with Crippen LogP contribution in [0.4, 0.5) is 5.69 Å². The highest BCUT2D eigenvalue weighted by atomic mass is 16.2. The fraction of sp³-hybridized carbons (Fsp3) is 0.350. The second-order valence-corrected chi connectivity index (χ2v) is 6.51. The van der Waals surface area contributed by atoms with E-state index in [1.54, 1.807) is 27.8 Å². The molecule has 1 aromatic heterocycles. The third kappa shape index (κ3) is 3.87. The zero-order valence-corrected chi connectivity index (χ0v) is 14.7. The number of carbonyl (C=O) groups excluding carboxylic acids is 2. The summed E-state index contributed by atoms with van der Waals surface area (Å²) in [6.07, 6.45) is 4.30. The molecule has 1 saturated heterocycles. The van der Waals surface area contributed by atoms with Crippen LogP contribution in [0.25, 0.3) is 0 Å². The molecule has 1 fully saturated rings. The molecule has 0 atom stereocenters. The van der Waals surface area contributed by atoms with Gasteiger partial charge < -0.3 is 4.90 Å². The summed E-state index contributed by atoms with van der Waals surface area (Å²) in [5.74, 6) is 0.0253. The average molecular weight is 337 g/mol. The largest absolute Gasteiger partial charge is 0.312 e. The lowest BCUT2D eigenvalue weighted by Gasteiger charge is -2.26. The Morgan fingerprint density at radius 2 is 1.84 bits per heavy atom.